The predicted octanol–water partition coefficient (Wildman–Crippen LogP) is 0.683. The van der Waals surface area contributed by atoms with Gasteiger partial charge in [0.25, 0.3) is 0 Å². The quantitative estimate of drug-likeness (QED) is 0.886. The molecule has 2 atom stereocenters. The smallest absolute Gasteiger partial charge is 0.238 e. The highest BCUT2D eigenvalue weighted by atomic mass is 32.2. The van der Waals surface area contributed by atoms with E-state index in [1.165, 1.54) is 4.31 Å². The number of pyridine rings is 1. The van der Waals surface area contributed by atoms with Crippen LogP contribution in [0.25, 0.3) is 0 Å². The number of carbonyl (C=O) groups is 1. The summed E-state index contributed by atoms with van der Waals surface area (Å²) in [4.78, 5) is 16.2. The Morgan fingerprint density at radius 2 is 2.10 bits per heavy atom. The monoisotopic (exact) mass is 297 g/mol. The minimum absolute atomic E-state index is 0.174. The Hall–Kier alpha value is -1.47. The molecule has 2 rings (SSSR count). The minimum atomic E-state index is -3.33. The second-order valence-corrected chi connectivity index (χ2v) is 6.98. The van der Waals surface area contributed by atoms with Gasteiger partial charge in [0.05, 0.1) is 12.3 Å². The summed E-state index contributed by atoms with van der Waals surface area (Å²) in [6.45, 7) is 2.29. The van der Waals surface area contributed by atoms with Crippen molar-refractivity contribution >= 4 is 15.9 Å². The first-order valence-corrected chi connectivity index (χ1v) is 8.41. The maximum absolute atomic E-state index is 12.3. The summed E-state index contributed by atoms with van der Waals surface area (Å²) < 4.78 is 24.6. The number of hydrogen-bond acceptors (Lipinski definition) is 4. The Labute approximate surface area is 119 Å². The maximum atomic E-state index is 12.3. The van der Waals surface area contributed by atoms with Crippen molar-refractivity contribution in [2.24, 2.45) is 0 Å². The van der Waals surface area contributed by atoms with E-state index < -0.39 is 16.1 Å². The first-order valence-electron chi connectivity index (χ1n) is 6.56. The highest BCUT2D eigenvalue weighted by Crippen LogP contribution is 2.21. The second-order valence-electron chi connectivity index (χ2n) is 5.04. The van der Waals surface area contributed by atoms with E-state index in [0.29, 0.717) is 13.0 Å². The lowest BCUT2D eigenvalue weighted by Crippen LogP contribution is -2.46. The highest BCUT2D eigenvalue weighted by Gasteiger charge is 2.36. The van der Waals surface area contributed by atoms with E-state index in [0.717, 1.165) is 18.2 Å². The fraction of sp³-hybridized carbons (Fsp3) is 0.538. The van der Waals surface area contributed by atoms with Gasteiger partial charge in [0.1, 0.15) is 6.04 Å². The van der Waals surface area contributed by atoms with Crippen LogP contribution in [-0.4, -0.2) is 42.5 Å². The van der Waals surface area contributed by atoms with Gasteiger partial charge in [-0.25, -0.2) is 8.42 Å². The van der Waals surface area contributed by atoms with Crippen molar-refractivity contribution in [3.8, 4) is 0 Å². The average molecular weight is 297 g/mol. The number of hydrogen-bond donors (Lipinski definition) is 1. The van der Waals surface area contributed by atoms with Crippen LogP contribution >= 0.6 is 0 Å². The minimum Gasteiger partial charge on any atom is -0.348 e. The number of rotatable bonds is 4. The zero-order valence-electron chi connectivity index (χ0n) is 11.6. The van der Waals surface area contributed by atoms with E-state index in [-0.39, 0.29) is 11.9 Å². The molecule has 7 heteroatoms. The van der Waals surface area contributed by atoms with Crippen molar-refractivity contribution in [3.05, 3.63) is 30.1 Å². The first kappa shape index (κ1) is 14.9. The summed E-state index contributed by atoms with van der Waals surface area (Å²) in [6.07, 6.45) is 5.76. The van der Waals surface area contributed by atoms with Crippen LogP contribution in [0, 0.1) is 0 Å². The fourth-order valence-electron chi connectivity index (χ4n) is 2.44. The number of sulfonamides is 1. The van der Waals surface area contributed by atoms with Gasteiger partial charge < -0.3 is 5.32 Å². The molecule has 1 N–H and O–H groups in total. The van der Waals surface area contributed by atoms with E-state index in [1.54, 1.807) is 12.4 Å². The zero-order chi connectivity index (χ0) is 14.8. The summed E-state index contributed by atoms with van der Waals surface area (Å²) in [6, 6.07) is 2.89. The van der Waals surface area contributed by atoms with E-state index in [2.05, 4.69) is 10.3 Å². The van der Waals surface area contributed by atoms with Crippen LogP contribution in [0.1, 0.15) is 31.4 Å². The predicted molar refractivity (Wildman–Crippen MR) is 75.4 cm³/mol. The lowest BCUT2D eigenvalue weighted by molar-refractivity contribution is -0.124. The van der Waals surface area contributed by atoms with Crippen LogP contribution in [0.4, 0.5) is 0 Å². The molecule has 0 radical (unpaired) electrons. The molecule has 0 bridgehead atoms. The molecule has 20 heavy (non-hydrogen) atoms. The Balaban J connectivity index is 2.05. The molecule has 1 aromatic rings. The molecule has 1 fully saturated rings. The molecular weight excluding hydrogens is 278 g/mol. The molecule has 0 aliphatic carbocycles. The van der Waals surface area contributed by atoms with Crippen LogP contribution in [0.15, 0.2) is 24.5 Å². The maximum Gasteiger partial charge on any atom is 0.238 e. The van der Waals surface area contributed by atoms with Gasteiger partial charge in [-0.15, -0.1) is 0 Å². The van der Waals surface area contributed by atoms with Gasteiger partial charge >= 0.3 is 0 Å². The molecule has 0 unspecified atom stereocenters. The van der Waals surface area contributed by atoms with Gasteiger partial charge in [0, 0.05) is 18.9 Å². The number of nitrogens with zero attached hydrogens (tertiary/aromatic N) is 2. The van der Waals surface area contributed by atoms with Gasteiger partial charge in [-0.2, -0.15) is 4.31 Å². The van der Waals surface area contributed by atoms with Crippen molar-refractivity contribution in [2.45, 2.75) is 31.8 Å². The molecule has 0 saturated carbocycles. The van der Waals surface area contributed by atoms with Crippen LogP contribution < -0.4 is 5.32 Å². The van der Waals surface area contributed by atoms with Crippen molar-refractivity contribution in [1.29, 1.82) is 0 Å². The third-order valence-corrected chi connectivity index (χ3v) is 4.79. The number of nitrogens with one attached hydrogen (secondary N) is 1. The fourth-order valence-corrected chi connectivity index (χ4v) is 3.57. The van der Waals surface area contributed by atoms with Crippen LogP contribution in [0.3, 0.4) is 0 Å². The van der Waals surface area contributed by atoms with Crippen LogP contribution in [-0.2, 0) is 14.8 Å². The summed E-state index contributed by atoms with van der Waals surface area (Å²) in [5.41, 5.74) is 0.942. The SMILES string of the molecule is C[C@@H](NC(=O)[C@@H]1CCCN1S(C)(=O)=O)c1ccncc1. The third-order valence-electron chi connectivity index (χ3n) is 3.50. The lowest BCUT2D eigenvalue weighted by Gasteiger charge is -2.23. The molecule has 2 heterocycles. The molecule has 1 aliphatic heterocycles. The Morgan fingerprint density at radius 3 is 2.70 bits per heavy atom. The molecular formula is C13H19N3O3S. The van der Waals surface area contributed by atoms with Crippen molar-refractivity contribution < 1.29 is 13.2 Å². The van der Waals surface area contributed by atoms with Crippen LogP contribution in [0.5, 0.6) is 0 Å². The number of amides is 1. The third kappa shape index (κ3) is 3.34. The molecule has 0 spiro atoms. The normalized spacial score (nSPS) is 21.6. The van der Waals surface area contributed by atoms with Gasteiger partial charge in [-0.05, 0) is 37.5 Å². The molecule has 110 valence electrons. The van der Waals surface area contributed by atoms with Gasteiger partial charge in [-0.1, -0.05) is 0 Å². The number of aromatic nitrogens is 1. The van der Waals surface area contributed by atoms with E-state index in [9.17, 15) is 13.2 Å². The summed E-state index contributed by atoms with van der Waals surface area (Å²) >= 11 is 0. The van der Waals surface area contributed by atoms with Gasteiger partial charge in [0.2, 0.25) is 15.9 Å². The summed E-state index contributed by atoms with van der Waals surface area (Å²) in [5, 5.41) is 2.87. The largest absolute Gasteiger partial charge is 0.348 e. The van der Waals surface area contributed by atoms with Crippen molar-refractivity contribution in [2.75, 3.05) is 12.8 Å². The van der Waals surface area contributed by atoms with Gasteiger partial charge in [-0.3, -0.25) is 9.78 Å². The standard InChI is InChI=1S/C13H19N3O3S/c1-10(11-5-7-14-8-6-11)15-13(17)12-4-3-9-16(12)20(2,18)19/h5-8,10,12H,3-4,9H2,1-2H3,(H,15,17)/t10-,12+/m1/s1. The zero-order valence-corrected chi connectivity index (χ0v) is 12.4. The Kier molecular flexibility index (Phi) is 4.39. The Morgan fingerprint density at radius 1 is 1.45 bits per heavy atom. The topological polar surface area (TPSA) is 79.4 Å². The van der Waals surface area contributed by atoms with Gasteiger partial charge in [0.15, 0.2) is 0 Å². The lowest BCUT2D eigenvalue weighted by atomic mass is 10.1. The first-order chi connectivity index (χ1) is 9.39. The Bertz CT molecular complexity index is 574. The van der Waals surface area contributed by atoms with Crippen molar-refractivity contribution in [3.63, 3.8) is 0 Å². The number of carbonyl (C=O) groups excluding carboxylic acids is 1. The highest BCUT2D eigenvalue weighted by molar-refractivity contribution is 7.88. The second kappa shape index (κ2) is 5.88. The molecule has 1 saturated heterocycles. The van der Waals surface area contributed by atoms with Crippen molar-refractivity contribution in [1.82, 2.24) is 14.6 Å². The molecule has 1 amide bonds. The van der Waals surface area contributed by atoms with E-state index >= 15 is 0 Å². The summed E-state index contributed by atoms with van der Waals surface area (Å²) in [7, 11) is -3.33. The molecule has 1 aromatic heterocycles. The van der Waals surface area contributed by atoms with E-state index in [4.69, 9.17) is 0 Å². The average Bonchev–Trinajstić information content (AvgIpc) is 2.89. The summed E-state index contributed by atoms with van der Waals surface area (Å²) in [5.74, 6) is -0.239. The molecule has 6 nitrogen and oxygen atoms in total. The molecule has 0 aromatic carbocycles. The van der Waals surface area contributed by atoms with Crippen LogP contribution in [0.2, 0.25) is 0 Å². The van der Waals surface area contributed by atoms with E-state index in [1.807, 2.05) is 19.1 Å². The molecule has 1 aliphatic rings.